The zero-order valence-electron chi connectivity index (χ0n) is 10.4. The molecule has 0 fully saturated rings. The molecule has 0 spiro atoms. The molecule has 1 aromatic carbocycles. The molecule has 20 heavy (non-hydrogen) atoms. The molecule has 1 aliphatic carbocycles. The van der Waals surface area contributed by atoms with E-state index in [4.69, 9.17) is 14.9 Å². The average molecular weight is 260 g/mol. The van der Waals surface area contributed by atoms with E-state index in [0.29, 0.717) is 16.9 Å². The summed E-state index contributed by atoms with van der Waals surface area (Å²) in [5.41, 5.74) is 1.84. The van der Waals surface area contributed by atoms with Crippen LogP contribution in [0.1, 0.15) is 22.5 Å². The Hall–Kier alpha value is -3.11. The van der Waals surface area contributed by atoms with Gasteiger partial charge in [0.25, 0.3) is 0 Å². The normalized spacial score (nSPS) is 12.7. The van der Waals surface area contributed by atoms with E-state index in [9.17, 15) is 4.79 Å². The maximum absolute atomic E-state index is 11.9. The van der Waals surface area contributed by atoms with Gasteiger partial charge >= 0.3 is 0 Å². The summed E-state index contributed by atoms with van der Waals surface area (Å²) in [4.78, 5) is 11.9. The first-order chi connectivity index (χ1) is 9.74. The van der Waals surface area contributed by atoms with Gasteiger partial charge in [-0.1, -0.05) is 30.3 Å². The summed E-state index contributed by atoms with van der Waals surface area (Å²) in [5, 5.41) is 17.9. The number of hydrogen-bond donors (Lipinski definition) is 0. The zero-order valence-corrected chi connectivity index (χ0v) is 10.4. The number of hydrogen-bond acceptors (Lipinski definition) is 4. The lowest BCUT2D eigenvalue weighted by molar-refractivity contribution is 0.0980. The van der Waals surface area contributed by atoms with E-state index in [1.807, 2.05) is 42.5 Å². The van der Waals surface area contributed by atoms with Crippen molar-refractivity contribution in [1.29, 1.82) is 10.5 Å². The molecule has 2 aromatic rings. The highest BCUT2D eigenvalue weighted by atomic mass is 16.3. The Labute approximate surface area is 115 Å². The third-order valence-corrected chi connectivity index (χ3v) is 3.23. The standard InChI is InChI=1S/C16H8N2O2/c17-8-11(9-18)12-6-14(19)16-13(12)7-15(20-16)10-4-2-1-3-5-10/h1-5,7H,6H2. The van der Waals surface area contributed by atoms with Gasteiger partial charge in [-0.05, 0) is 11.6 Å². The van der Waals surface area contributed by atoms with E-state index in [1.54, 1.807) is 6.07 Å². The zero-order chi connectivity index (χ0) is 14.1. The van der Waals surface area contributed by atoms with Gasteiger partial charge < -0.3 is 4.42 Å². The minimum absolute atomic E-state index is 0.0301. The Morgan fingerprint density at radius 2 is 1.85 bits per heavy atom. The van der Waals surface area contributed by atoms with Gasteiger partial charge in [0.15, 0.2) is 5.76 Å². The van der Waals surface area contributed by atoms with Crippen LogP contribution in [0, 0.1) is 22.7 Å². The van der Waals surface area contributed by atoms with Crippen LogP contribution in [0.4, 0.5) is 0 Å². The molecule has 0 aliphatic heterocycles. The smallest absolute Gasteiger partial charge is 0.203 e. The predicted molar refractivity (Wildman–Crippen MR) is 71.2 cm³/mol. The molecule has 0 atom stereocenters. The fourth-order valence-corrected chi connectivity index (χ4v) is 2.29. The monoisotopic (exact) mass is 260 g/mol. The van der Waals surface area contributed by atoms with Crippen molar-refractivity contribution in [3.63, 3.8) is 0 Å². The molecule has 3 rings (SSSR count). The van der Waals surface area contributed by atoms with Crippen LogP contribution in [0.2, 0.25) is 0 Å². The lowest BCUT2D eigenvalue weighted by atomic mass is 10.0. The molecule has 0 unspecified atom stereocenters. The molecule has 1 heterocycles. The highest BCUT2D eigenvalue weighted by Crippen LogP contribution is 2.39. The number of allylic oxidation sites excluding steroid dienone is 2. The number of carbonyl (C=O) groups excluding carboxylic acids is 1. The van der Waals surface area contributed by atoms with Gasteiger partial charge in [0.2, 0.25) is 5.78 Å². The fraction of sp³-hybridized carbons (Fsp3) is 0.0625. The van der Waals surface area contributed by atoms with Crippen molar-refractivity contribution in [2.24, 2.45) is 0 Å². The van der Waals surface area contributed by atoms with E-state index >= 15 is 0 Å². The van der Waals surface area contributed by atoms with Crippen molar-refractivity contribution in [2.45, 2.75) is 6.42 Å². The molecule has 1 aromatic heterocycles. The predicted octanol–water partition coefficient (Wildman–Crippen LogP) is 3.33. The second-order valence-corrected chi connectivity index (χ2v) is 4.40. The van der Waals surface area contributed by atoms with E-state index < -0.39 is 0 Å². The van der Waals surface area contributed by atoms with Crippen molar-refractivity contribution >= 4 is 11.4 Å². The average Bonchev–Trinajstić information content (AvgIpc) is 3.04. The van der Waals surface area contributed by atoms with E-state index in [-0.39, 0.29) is 23.5 Å². The number of ketones is 1. The Bertz CT molecular complexity index is 798. The van der Waals surface area contributed by atoms with Gasteiger partial charge in [-0.3, -0.25) is 4.79 Å². The van der Waals surface area contributed by atoms with E-state index in [0.717, 1.165) is 5.56 Å². The van der Waals surface area contributed by atoms with Crippen LogP contribution in [0.25, 0.3) is 16.9 Å². The molecular formula is C16H8N2O2. The lowest BCUT2D eigenvalue weighted by Crippen LogP contribution is -1.89. The van der Waals surface area contributed by atoms with Crippen molar-refractivity contribution in [3.05, 3.63) is 53.3 Å². The van der Waals surface area contributed by atoms with Gasteiger partial charge in [0, 0.05) is 17.5 Å². The Morgan fingerprint density at radius 1 is 1.15 bits per heavy atom. The molecule has 4 nitrogen and oxygen atoms in total. The van der Waals surface area contributed by atoms with Crippen LogP contribution in [0.5, 0.6) is 0 Å². The van der Waals surface area contributed by atoms with Crippen LogP contribution >= 0.6 is 0 Å². The summed E-state index contributed by atoms with van der Waals surface area (Å²) in [6, 6.07) is 14.8. The van der Waals surface area contributed by atoms with Crippen LogP contribution in [-0.2, 0) is 0 Å². The number of carbonyl (C=O) groups is 1. The van der Waals surface area contributed by atoms with E-state index in [2.05, 4.69) is 0 Å². The van der Waals surface area contributed by atoms with Gasteiger partial charge in [0.05, 0.1) is 0 Å². The number of furan rings is 1. The molecule has 4 heteroatoms. The maximum atomic E-state index is 11.9. The number of rotatable bonds is 1. The number of fused-ring (bicyclic) bond motifs is 1. The van der Waals surface area contributed by atoms with Crippen LogP contribution in [-0.4, -0.2) is 5.78 Å². The molecule has 0 bridgehead atoms. The van der Waals surface area contributed by atoms with Gasteiger partial charge in [-0.15, -0.1) is 0 Å². The number of Topliss-reactive ketones (excluding diaryl/α,β-unsaturated/α-hetero) is 1. The second-order valence-electron chi connectivity index (χ2n) is 4.40. The van der Waals surface area contributed by atoms with Crippen LogP contribution < -0.4 is 0 Å². The number of benzene rings is 1. The second kappa shape index (κ2) is 4.53. The molecule has 0 radical (unpaired) electrons. The highest BCUT2D eigenvalue weighted by Gasteiger charge is 2.31. The van der Waals surface area contributed by atoms with Crippen molar-refractivity contribution in [2.75, 3.05) is 0 Å². The Kier molecular flexibility index (Phi) is 2.71. The summed E-state index contributed by atoms with van der Waals surface area (Å²) in [6.07, 6.45) is 0.0552. The summed E-state index contributed by atoms with van der Waals surface area (Å²) in [5.74, 6) is 0.610. The van der Waals surface area contributed by atoms with Gasteiger partial charge in [0.1, 0.15) is 23.5 Å². The molecule has 0 N–H and O–H groups in total. The molecule has 0 amide bonds. The maximum Gasteiger partial charge on any atom is 0.203 e. The van der Waals surface area contributed by atoms with Crippen LogP contribution in [0.3, 0.4) is 0 Å². The first-order valence-electron chi connectivity index (χ1n) is 6.00. The van der Waals surface area contributed by atoms with Gasteiger partial charge in [-0.25, -0.2) is 0 Å². The molecule has 0 saturated heterocycles. The van der Waals surface area contributed by atoms with Crippen molar-refractivity contribution < 1.29 is 9.21 Å². The quantitative estimate of drug-likeness (QED) is 0.737. The van der Waals surface area contributed by atoms with Crippen molar-refractivity contribution in [1.82, 2.24) is 0 Å². The topological polar surface area (TPSA) is 77.8 Å². The Morgan fingerprint density at radius 3 is 2.50 bits per heavy atom. The summed E-state index contributed by atoms with van der Waals surface area (Å²) < 4.78 is 5.59. The third kappa shape index (κ3) is 1.72. The summed E-state index contributed by atoms with van der Waals surface area (Å²) >= 11 is 0. The molecule has 0 saturated carbocycles. The van der Waals surface area contributed by atoms with Gasteiger partial charge in [-0.2, -0.15) is 10.5 Å². The molecular weight excluding hydrogens is 252 g/mol. The minimum atomic E-state index is -0.194. The molecule has 94 valence electrons. The largest absolute Gasteiger partial charge is 0.452 e. The fourth-order valence-electron chi connectivity index (χ4n) is 2.29. The summed E-state index contributed by atoms with van der Waals surface area (Å²) in [6.45, 7) is 0. The number of nitrogens with zero attached hydrogens (tertiary/aromatic N) is 2. The van der Waals surface area contributed by atoms with Crippen molar-refractivity contribution in [3.8, 4) is 23.5 Å². The lowest BCUT2D eigenvalue weighted by Gasteiger charge is -1.96. The third-order valence-electron chi connectivity index (χ3n) is 3.23. The minimum Gasteiger partial charge on any atom is -0.452 e. The van der Waals surface area contributed by atoms with E-state index in [1.165, 1.54) is 0 Å². The molecule has 1 aliphatic rings. The Balaban J connectivity index is 2.18. The summed E-state index contributed by atoms with van der Waals surface area (Å²) in [7, 11) is 0. The SMILES string of the molecule is N#CC(C#N)=C1CC(=O)c2oc(-c3ccccc3)cc21. The first-order valence-corrected chi connectivity index (χ1v) is 6.00. The highest BCUT2D eigenvalue weighted by molar-refractivity contribution is 6.11. The first kappa shape index (κ1) is 12.0. The van der Waals surface area contributed by atoms with Crippen LogP contribution in [0.15, 0.2) is 46.4 Å². The number of nitriles is 2.